The molecule has 0 aliphatic heterocycles. The molecule has 0 amide bonds. The van der Waals surface area contributed by atoms with Gasteiger partial charge in [0.25, 0.3) is 0 Å². The third kappa shape index (κ3) is 2.50. The van der Waals surface area contributed by atoms with Crippen LogP contribution < -0.4 is 5.32 Å². The third-order valence-corrected chi connectivity index (χ3v) is 2.34. The van der Waals surface area contributed by atoms with Crippen molar-refractivity contribution in [2.45, 2.75) is 19.1 Å². The van der Waals surface area contributed by atoms with Gasteiger partial charge in [-0.25, -0.2) is 0 Å². The highest BCUT2D eigenvalue weighted by Crippen LogP contribution is 2.25. The van der Waals surface area contributed by atoms with Crippen LogP contribution in [0.3, 0.4) is 0 Å². The molecule has 0 aliphatic rings. The number of aliphatic hydroxyl groups excluding tert-OH is 1. The number of likely N-dealkylation sites (N-methyl/N-ethyl adjacent to an activating group) is 1. The molecular formula is C11H15NO4. The van der Waals surface area contributed by atoms with E-state index >= 15 is 0 Å². The maximum Gasteiger partial charge on any atom is 0.182 e. The van der Waals surface area contributed by atoms with Crippen LogP contribution in [-0.2, 0) is 0 Å². The molecule has 0 saturated carbocycles. The minimum absolute atomic E-state index is 0.232. The van der Waals surface area contributed by atoms with Crippen molar-refractivity contribution in [2.24, 2.45) is 0 Å². The topological polar surface area (TPSA) is 89.8 Å². The highest BCUT2D eigenvalue weighted by molar-refractivity contribution is 6.01. The van der Waals surface area contributed by atoms with Crippen molar-refractivity contribution in [2.75, 3.05) is 7.05 Å². The van der Waals surface area contributed by atoms with Crippen molar-refractivity contribution in [1.29, 1.82) is 0 Å². The summed E-state index contributed by atoms with van der Waals surface area (Å²) in [7, 11) is 1.57. The van der Waals surface area contributed by atoms with Crippen molar-refractivity contribution >= 4 is 5.78 Å². The van der Waals surface area contributed by atoms with Crippen LogP contribution in [0.2, 0.25) is 0 Å². The van der Waals surface area contributed by atoms with Crippen LogP contribution in [0.5, 0.6) is 11.5 Å². The fourth-order valence-corrected chi connectivity index (χ4v) is 1.45. The zero-order valence-corrected chi connectivity index (χ0v) is 9.14. The van der Waals surface area contributed by atoms with Crippen LogP contribution in [0.15, 0.2) is 18.2 Å². The number of hydrogen-bond donors (Lipinski definition) is 4. The Morgan fingerprint density at radius 1 is 1.31 bits per heavy atom. The number of rotatable bonds is 4. The predicted octanol–water partition coefficient (Wildman–Crippen LogP) is 0.249. The minimum Gasteiger partial charge on any atom is -0.504 e. The van der Waals surface area contributed by atoms with Crippen molar-refractivity contribution in [3.63, 3.8) is 0 Å². The molecule has 0 radical (unpaired) electrons. The first-order chi connectivity index (χ1) is 7.47. The number of benzene rings is 1. The van der Waals surface area contributed by atoms with Crippen LogP contribution in [0, 0.1) is 0 Å². The second kappa shape index (κ2) is 4.96. The van der Waals surface area contributed by atoms with Crippen LogP contribution in [0.1, 0.15) is 17.3 Å². The number of aromatic hydroxyl groups is 2. The molecule has 0 heterocycles. The molecule has 1 rings (SSSR count). The summed E-state index contributed by atoms with van der Waals surface area (Å²) in [6.07, 6.45) is -0.839. The Bertz CT molecular complexity index is 390. The Morgan fingerprint density at radius 2 is 1.94 bits per heavy atom. The zero-order chi connectivity index (χ0) is 12.3. The van der Waals surface area contributed by atoms with Gasteiger partial charge < -0.3 is 20.6 Å². The van der Waals surface area contributed by atoms with Gasteiger partial charge in [0, 0.05) is 5.56 Å². The average Bonchev–Trinajstić information content (AvgIpc) is 2.22. The Balaban J connectivity index is 2.99. The largest absolute Gasteiger partial charge is 0.504 e. The quantitative estimate of drug-likeness (QED) is 0.435. The molecule has 0 fully saturated rings. The van der Waals surface area contributed by atoms with E-state index in [1.165, 1.54) is 25.1 Å². The summed E-state index contributed by atoms with van der Waals surface area (Å²) >= 11 is 0. The number of carbonyl (C=O) groups is 1. The molecular weight excluding hydrogens is 210 g/mol. The first-order valence-electron chi connectivity index (χ1n) is 4.89. The molecule has 16 heavy (non-hydrogen) atoms. The van der Waals surface area contributed by atoms with Gasteiger partial charge in [-0.1, -0.05) is 0 Å². The normalized spacial score (nSPS) is 14.4. The summed E-state index contributed by atoms with van der Waals surface area (Å²) in [6, 6.07) is 3.06. The van der Waals surface area contributed by atoms with Gasteiger partial charge in [0.05, 0.1) is 12.1 Å². The predicted molar refractivity (Wildman–Crippen MR) is 58.6 cm³/mol. The molecule has 0 aromatic heterocycles. The van der Waals surface area contributed by atoms with Gasteiger partial charge in [0.15, 0.2) is 17.3 Å². The Kier molecular flexibility index (Phi) is 3.87. The van der Waals surface area contributed by atoms with Gasteiger partial charge in [-0.3, -0.25) is 4.79 Å². The van der Waals surface area contributed by atoms with E-state index in [2.05, 4.69) is 5.32 Å². The van der Waals surface area contributed by atoms with Gasteiger partial charge in [-0.05, 0) is 32.2 Å². The van der Waals surface area contributed by atoms with Crippen molar-refractivity contribution in [1.82, 2.24) is 5.32 Å². The summed E-state index contributed by atoms with van der Waals surface area (Å²) in [6.45, 7) is 1.50. The van der Waals surface area contributed by atoms with Crippen LogP contribution in [0.25, 0.3) is 0 Å². The molecule has 5 heteroatoms. The lowest BCUT2D eigenvalue weighted by molar-refractivity contribution is 0.0809. The van der Waals surface area contributed by atoms with Crippen LogP contribution >= 0.6 is 0 Å². The lowest BCUT2D eigenvalue weighted by Crippen LogP contribution is -2.42. The summed E-state index contributed by atoms with van der Waals surface area (Å²) in [4.78, 5) is 11.9. The smallest absolute Gasteiger partial charge is 0.182 e. The van der Waals surface area contributed by atoms with E-state index in [-0.39, 0.29) is 22.8 Å². The van der Waals surface area contributed by atoms with E-state index in [0.717, 1.165) is 0 Å². The molecule has 0 saturated heterocycles. The molecule has 5 nitrogen and oxygen atoms in total. The summed E-state index contributed by atoms with van der Waals surface area (Å²) in [5.41, 5.74) is 0.232. The van der Waals surface area contributed by atoms with Gasteiger partial charge in [-0.15, -0.1) is 0 Å². The number of hydrogen-bond acceptors (Lipinski definition) is 5. The van der Waals surface area contributed by atoms with Crippen LogP contribution in [-0.4, -0.2) is 40.3 Å². The van der Waals surface area contributed by atoms with E-state index in [1.807, 2.05) is 0 Å². The maximum absolute atomic E-state index is 11.9. The third-order valence-electron chi connectivity index (χ3n) is 2.34. The highest BCUT2D eigenvalue weighted by Gasteiger charge is 2.23. The fourth-order valence-electron chi connectivity index (χ4n) is 1.45. The van der Waals surface area contributed by atoms with Crippen molar-refractivity contribution in [3.05, 3.63) is 23.8 Å². The highest BCUT2D eigenvalue weighted by atomic mass is 16.3. The van der Waals surface area contributed by atoms with Gasteiger partial charge in [0.1, 0.15) is 0 Å². The first kappa shape index (κ1) is 12.5. The van der Waals surface area contributed by atoms with Gasteiger partial charge in [-0.2, -0.15) is 0 Å². The molecule has 1 aromatic carbocycles. The Labute approximate surface area is 93.4 Å². The monoisotopic (exact) mass is 225 g/mol. The number of phenolic OH excluding ortho intramolecular Hbond substituents is 2. The fraction of sp³-hybridized carbons (Fsp3) is 0.364. The molecule has 0 spiro atoms. The molecule has 0 aliphatic carbocycles. The van der Waals surface area contributed by atoms with E-state index in [1.54, 1.807) is 7.05 Å². The van der Waals surface area contributed by atoms with E-state index < -0.39 is 12.1 Å². The minimum atomic E-state index is -0.839. The SMILES string of the molecule is CNC(C(=O)c1ccc(O)c(O)c1)C(C)O. The standard InChI is InChI=1S/C11H15NO4/c1-6(13)10(12-2)11(16)7-3-4-8(14)9(15)5-7/h3-6,10,12-15H,1-2H3. The lowest BCUT2D eigenvalue weighted by Gasteiger charge is -2.17. The molecule has 4 N–H and O–H groups in total. The van der Waals surface area contributed by atoms with E-state index in [4.69, 9.17) is 5.11 Å². The summed E-state index contributed by atoms with van der Waals surface area (Å²) in [5.74, 6) is -0.978. The van der Waals surface area contributed by atoms with Crippen molar-refractivity contribution in [3.8, 4) is 11.5 Å². The number of nitrogens with one attached hydrogen (secondary N) is 1. The first-order valence-corrected chi connectivity index (χ1v) is 4.89. The maximum atomic E-state index is 11.9. The zero-order valence-electron chi connectivity index (χ0n) is 9.14. The van der Waals surface area contributed by atoms with Crippen molar-refractivity contribution < 1.29 is 20.1 Å². The number of Topliss-reactive ketones (excluding diaryl/α,β-unsaturated/α-hetero) is 1. The average molecular weight is 225 g/mol. The second-order valence-electron chi connectivity index (χ2n) is 3.57. The molecule has 2 unspecified atom stereocenters. The number of aliphatic hydroxyl groups is 1. The summed E-state index contributed by atoms with van der Waals surface area (Å²) in [5, 5.41) is 30.4. The van der Waals surface area contributed by atoms with Gasteiger partial charge >= 0.3 is 0 Å². The Morgan fingerprint density at radius 3 is 2.38 bits per heavy atom. The molecule has 2 atom stereocenters. The van der Waals surface area contributed by atoms with E-state index in [9.17, 15) is 15.0 Å². The number of ketones is 1. The number of carbonyl (C=O) groups excluding carboxylic acids is 1. The van der Waals surface area contributed by atoms with Crippen LogP contribution in [0.4, 0.5) is 0 Å². The van der Waals surface area contributed by atoms with E-state index in [0.29, 0.717) is 0 Å². The second-order valence-corrected chi connectivity index (χ2v) is 3.57. The van der Waals surface area contributed by atoms with Gasteiger partial charge in [0.2, 0.25) is 0 Å². The molecule has 1 aromatic rings. The lowest BCUT2D eigenvalue weighted by atomic mass is 10.0. The Hall–Kier alpha value is -1.59. The molecule has 88 valence electrons. The number of phenols is 2. The molecule has 0 bridgehead atoms. The summed E-state index contributed by atoms with van der Waals surface area (Å²) < 4.78 is 0.